The van der Waals surface area contributed by atoms with Gasteiger partial charge in [-0.2, -0.15) is 0 Å². The molecule has 17 heavy (non-hydrogen) atoms. The average molecular weight is 301 g/mol. The van der Waals surface area contributed by atoms with E-state index in [2.05, 4.69) is 15.9 Å². The van der Waals surface area contributed by atoms with Gasteiger partial charge in [0.1, 0.15) is 5.82 Å². The van der Waals surface area contributed by atoms with Crippen molar-refractivity contribution in [3.63, 3.8) is 0 Å². The fourth-order valence-corrected chi connectivity index (χ4v) is 2.66. The Labute approximate surface area is 108 Å². The fraction of sp³-hybridized carbons (Fsp3) is 0.462. The molecule has 0 bridgehead atoms. The second-order valence-electron chi connectivity index (χ2n) is 4.74. The molecule has 3 atom stereocenters. The van der Waals surface area contributed by atoms with Crippen molar-refractivity contribution in [2.75, 3.05) is 0 Å². The summed E-state index contributed by atoms with van der Waals surface area (Å²) < 4.78 is 14.5. The summed E-state index contributed by atoms with van der Waals surface area (Å²) in [5.74, 6) is -0.888. The molecule has 4 heteroatoms. The molecule has 1 aliphatic rings. The maximum Gasteiger partial charge on any atom is 0.306 e. The van der Waals surface area contributed by atoms with E-state index in [-0.39, 0.29) is 23.6 Å². The van der Waals surface area contributed by atoms with E-state index in [0.717, 1.165) is 17.3 Å². The highest BCUT2D eigenvalue weighted by molar-refractivity contribution is 9.10. The van der Waals surface area contributed by atoms with Crippen LogP contribution in [0.1, 0.15) is 31.2 Å². The molecule has 0 aromatic heterocycles. The number of benzene rings is 1. The molecular formula is C13H14BrFO2. The lowest BCUT2D eigenvalue weighted by Crippen LogP contribution is -2.03. The molecule has 2 rings (SSSR count). The second kappa shape index (κ2) is 4.77. The van der Waals surface area contributed by atoms with E-state index in [9.17, 15) is 9.18 Å². The van der Waals surface area contributed by atoms with Gasteiger partial charge in [-0.25, -0.2) is 4.39 Å². The minimum Gasteiger partial charge on any atom is -0.481 e. The van der Waals surface area contributed by atoms with Crippen LogP contribution in [0.4, 0.5) is 4.39 Å². The van der Waals surface area contributed by atoms with Gasteiger partial charge in [-0.15, -0.1) is 0 Å². The highest BCUT2D eigenvalue weighted by Gasteiger charge is 2.43. The molecular weight excluding hydrogens is 287 g/mol. The first-order chi connectivity index (χ1) is 7.99. The Kier molecular flexibility index (Phi) is 3.52. The zero-order chi connectivity index (χ0) is 12.6. The van der Waals surface area contributed by atoms with E-state index in [4.69, 9.17) is 5.11 Å². The maximum absolute atomic E-state index is 13.6. The smallest absolute Gasteiger partial charge is 0.306 e. The molecule has 0 spiro atoms. The van der Waals surface area contributed by atoms with Gasteiger partial charge in [0.25, 0.3) is 0 Å². The maximum atomic E-state index is 13.6. The molecule has 0 amide bonds. The van der Waals surface area contributed by atoms with Gasteiger partial charge in [-0.3, -0.25) is 4.79 Å². The molecule has 1 saturated carbocycles. The van der Waals surface area contributed by atoms with Crippen molar-refractivity contribution >= 4 is 21.9 Å². The predicted molar refractivity (Wildman–Crippen MR) is 66.4 cm³/mol. The normalized spacial score (nSPS) is 24.4. The van der Waals surface area contributed by atoms with E-state index >= 15 is 0 Å². The zero-order valence-corrected chi connectivity index (χ0v) is 11.1. The molecule has 1 N–H and O–H groups in total. The van der Waals surface area contributed by atoms with Gasteiger partial charge >= 0.3 is 5.97 Å². The van der Waals surface area contributed by atoms with Crippen molar-refractivity contribution in [1.82, 2.24) is 0 Å². The Balaban J connectivity index is 2.03. The van der Waals surface area contributed by atoms with Crippen molar-refractivity contribution < 1.29 is 14.3 Å². The number of carboxylic acid groups (broad SMARTS) is 1. The molecule has 0 heterocycles. The second-order valence-corrected chi connectivity index (χ2v) is 5.66. The van der Waals surface area contributed by atoms with Gasteiger partial charge in [0.05, 0.1) is 5.92 Å². The van der Waals surface area contributed by atoms with Gasteiger partial charge in [0, 0.05) is 4.47 Å². The number of rotatable bonds is 4. The third-order valence-corrected chi connectivity index (χ3v) is 3.88. The van der Waals surface area contributed by atoms with E-state index in [0.29, 0.717) is 5.56 Å². The van der Waals surface area contributed by atoms with Crippen LogP contribution in [0.3, 0.4) is 0 Å². The van der Waals surface area contributed by atoms with Crippen LogP contribution in [0.2, 0.25) is 0 Å². The standard InChI is InChI=1S/C13H14BrFO2/c1-7(4-8-5-11(8)13(16)17)10-6-9(14)2-3-12(10)15/h2-3,6-8,11H,4-5H2,1H3,(H,16,17). The number of hydrogen-bond acceptors (Lipinski definition) is 1. The molecule has 1 fully saturated rings. The number of halogens is 2. The Hall–Kier alpha value is -0.900. The molecule has 1 aromatic carbocycles. The van der Waals surface area contributed by atoms with Gasteiger partial charge in [0.15, 0.2) is 0 Å². The summed E-state index contributed by atoms with van der Waals surface area (Å²) in [5, 5.41) is 8.82. The summed E-state index contributed by atoms with van der Waals surface area (Å²) >= 11 is 3.32. The summed E-state index contributed by atoms with van der Waals surface area (Å²) in [6.45, 7) is 1.95. The molecule has 3 unspecified atom stereocenters. The molecule has 0 aliphatic heterocycles. The zero-order valence-electron chi connectivity index (χ0n) is 9.49. The van der Waals surface area contributed by atoms with E-state index < -0.39 is 5.97 Å². The number of aliphatic carboxylic acids is 1. The highest BCUT2D eigenvalue weighted by Crippen LogP contribution is 2.45. The SMILES string of the molecule is CC(CC1CC1C(=O)O)c1cc(Br)ccc1F. The minimum absolute atomic E-state index is 0.0573. The molecule has 92 valence electrons. The summed E-state index contributed by atoms with van der Waals surface area (Å²) in [6, 6.07) is 4.89. The quantitative estimate of drug-likeness (QED) is 0.918. The van der Waals surface area contributed by atoms with Crippen LogP contribution >= 0.6 is 15.9 Å². The molecule has 0 radical (unpaired) electrons. The Bertz CT molecular complexity index is 447. The van der Waals surface area contributed by atoms with Crippen molar-refractivity contribution in [3.8, 4) is 0 Å². The Morgan fingerprint density at radius 3 is 2.94 bits per heavy atom. The third kappa shape index (κ3) is 2.86. The first-order valence-corrected chi connectivity index (χ1v) is 6.46. The van der Waals surface area contributed by atoms with Crippen LogP contribution < -0.4 is 0 Å². The largest absolute Gasteiger partial charge is 0.481 e. The monoisotopic (exact) mass is 300 g/mol. The molecule has 1 aliphatic carbocycles. The molecule has 2 nitrogen and oxygen atoms in total. The predicted octanol–water partition coefficient (Wildman–Crippen LogP) is 3.80. The summed E-state index contributed by atoms with van der Waals surface area (Å²) in [7, 11) is 0. The lowest BCUT2D eigenvalue weighted by molar-refractivity contribution is -0.138. The lowest BCUT2D eigenvalue weighted by atomic mass is 9.94. The van der Waals surface area contributed by atoms with Crippen molar-refractivity contribution in [2.24, 2.45) is 11.8 Å². The highest BCUT2D eigenvalue weighted by atomic mass is 79.9. The van der Waals surface area contributed by atoms with Crippen LogP contribution in [0.15, 0.2) is 22.7 Å². The van der Waals surface area contributed by atoms with Crippen molar-refractivity contribution in [1.29, 1.82) is 0 Å². The first kappa shape index (κ1) is 12.6. The first-order valence-electron chi connectivity index (χ1n) is 5.66. The molecule has 1 aromatic rings. The number of hydrogen-bond donors (Lipinski definition) is 1. The Morgan fingerprint density at radius 2 is 2.35 bits per heavy atom. The van der Waals surface area contributed by atoms with Gasteiger partial charge < -0.3 is 5.11 Å². The van der Waals surface area contributed by atoms with Crippen molar-refractivity contribution in [3.05, 3.63) is 34.1 Å². The molecule has 0 saturated heterocycles. The fourth-order valence-electron chi connectivity index (χ4n) is 2.28. The van der Waals surface area contributed by atoms with E-state index in [1.807, 2.05) is 6.92 Å². The van der Waals surface area contributed by atoms with Gasteiger partial charge in [-0.05, 0) is 48.4 Å². The van der Waals surface area contributed by atoms with Crippen LogP contribution in [0.5, 0.6) is 0 Å². The van der Waals surface area contributed by atoms with E-state index in [1.54, 1.807) is 12.1 Å². The van der Waals surface area contributed by atoms with Crippen molar-refractivity contribution in [2.45, 2.75) is 25.7 Å². The minimum atomic E-state index is -0.725. The number of carbonyl (C=O) groups is 1. The van der Waals surface area contributed by atoms with Gasteiger partial charge in [-0.1, -0.05) is 22.9 Å². The lowest BCUT2D eigenvalue weighted by Gasteiger charge is -2.12. The summed E-state index contributed by atoms with van der Waals surface area (Å²) in [4.78, 5) is 10.7. The van der Waals surface area contributed by atoms with Crippen LogP contribution in [-0.2, 0) is 4.79 Å². The number of carboxylic acids is 1. The third-order valence-electron chi connectivity index (χ3n) is 3.39. The van der Waals surface area contributed by atoms with Crippen LogP contribution in [-0.4, -0.2) is 11.1 Å². The summed E-state index contributed by atoms with van der Waals surface area (Å²) in [6.07, 6.45) is 1.47. The van der Waals surface area contributed by atoms with Crippen LogP contribution in [0.25, 0.3) is 0 Å². The van der Waals surface area contributed by atoms with Gasteiger partial charge in [0.2, 0.25) is 0 Å². The average Bonchev–Trinajstić information content (AvgIpc) is 3.01. The summed E-state index contributed by atoms with van der Waals surface area (Å²) in [5.41, 5.74) is 0.662. The topological polar surface area (TPSA) is 37.3 Å². The van der Waals surface area contributed by atoms with E-state index in [1.165, 1.54) is 6.07 Å². The van der Waals surface area contributed by atoms with Crippen LogP contribution in [0, 0.1) is 17.7 Å². The Morgan fingerprint density at radius 1 is 1.65 bits per heavy atom.